The molecule has 0 aromatic carbocycles. The minimum Gasteiger partial charge on any atom is -0.377 e. The minimum absolute atomic E-state index is 0.502. The standard InChI is InChI=1S/C13H21NOS2/c1-10-5-3-4-6-12(10)15-7-8-16-13-14-11(2)9-17-13/h9-10,12H,3-8H2,1-2H3. The molecule has 0 amide bonds. The van der Waals surface area contributed by atoms with Crippen LogP contribution in [0.1, 0.15) is 38.3 Å². The van der Waals surface area contributed by atoms with Crippen molar-refractivity contribution < 1.29 is 4.74 Å². The molecule has 96 valence electrons. The van der Waals surface area contributed by atoms with E-state index in [1.807, 2.05) is 18.7 Å². The number of hydrogen-bond donors (Lipinski definition) is 0. The van der Waals surface area contributed by atoms with E-state index < -0.39 is 0 Å². The first-order valence-corrected chi connectivity index (χ1v) is 8.29. The number of thiazole rings is 1. The Hall–Kier alpha value is -0.0600. The molecule has 1 aromatic rings. The van der Waals surface area contributed by atoms with Crippen molar-refractivity contribution in [3.63, 3.8) is 0 Å². The van der Waals surface area contributed by atoms with Crippen molar-refractivity contribution in [2.75, 3.05) is 12.4 Å². The van der Waals surface area contributed by atoms with Gasteiger partial charge in [0.25, 0.3) is 0 Å². The van der Waals surface area contributed by atoms with Gasteiger partial charge in [0, 0.05) is 16.8 Å². The van der Waals surface area contributed by atoms with Gasteiger partial charge in [-0.05, 0) is 25.7 Å². The van der Waals surface area contributed by atoms with Crippen LogP contribution in [-0.4, -0.2) is 23.4 Å². The molecule has 17 heavy (non-hydrogen) atoms. The highest BCUT2D eigenvalue weighted by Gasteiger charge is 2.21. The lowest BCUT2D eigenvalue weighted by atomic mass is 9.88. The third kappa shape index (κ3) is 4.27. The van der Waals surface area contributed by atoms with Crippen LogP contribution in [0, 0.1) is 12.8 Å². The Balaban J connectivity index is 1.62. The van der Waals surface area contributed by atoms with E-state index in [0.29, 0.717) is 6.10 Å². The van der Waals surface area contributed by atoms with Gasteiger partial charge >= 0.3 is 0 Å². The van der Waals surface area contributed by atoms with E-state index in [1.165, 1.54) is 30.0 Å². The first-order valence-electron chi connectivity index (χ1n) is 6.42. The summed E-state index contributed by atoms with van der Waals surface area (Å²) in [6.45, 7) is 5.22. The average Bonchev–Trinajstić information content (AvgIpc) is 2.73. The van der Waals surface area contributed by atoms with Crippen molar-refractivity contribution >= 4 is 23.1 Å². The normalized spacial score (nSPS) is 25.1. The molecule has 0 bridgehead atoms. The van der Waals surface area contributed by atoms with Gasteiger partial charge in [-0.15, -0.1) is 11.3 Å². The fraction of sp³-hybridized carbons (Fsp3) is 0.769. The van der Waals surface area contributed by atoms with Gasteiger partial charge in [-0.3, -0.25) is 0 Å². The van der Waals surface area contributed by atoms with Gasteiger partial charge in [-0.1, -0.05) is 31.5 Å². The number of aryl methyl sites for hydroxylation is 1. The molecule has 1 heterocycles. The van der Waals surface area contributed by atoms with Crippen LogP contribution in [0.5, 0.6) is 0 Å². The summed E-state index contributed by atoms with van der Waals surface area (Å²) < 4.78 is 7.15. The molecule has 1 fully saturated rings. The summed E-state index contributed by atoms with van der Waals surface area (Å²) in [5, 5.41) is 2.10. The molecule has 1 aliphatic rings. The van der Waals surface area contributed by atoms with Gasteiger partial charge in [-0.25, -0.2) is 4.98 Å². The van der Waals surface area contributed by atoms with Gasteiger partial charge < -0.3 is 4.74 Å². The molecule has 0 spiro atoms. The Morgan fingerprint density at radius 2 is 2.29 bits per heavy atom. The predicted molar refractivity (Wildman–Crippen MR) is 74.9 cm³/mol. The summed E-state index contributed by atoms with van der Waals surface area (Å²) >= 11 is 3.55. The molecule has 0 radical (unpaired) electrons. The highest BCUT2D eigenvalue weighted by Crippen LogP contribution is 2.27. The quantitative estimate of drug-likeness (QED) is 0.593. The molecule has 0 aliphatic heterocycles. The highest BCUT2D eigenvalue weighted by atomic mass is 32.2. The second-order valence-corrected chi connectivity index (χ2v) is 6.97. The summed E-state index contributed by atoms with van der Waals surface area (Å²) in [5.74, 6) is 1.77. The molecular weight excluding hydrogens is 250 g/mol. The van der Waals surface area contributed by atoms with E-state index in [4.69, 9.17) is 4.74 Å². The third-order valence-corrected chi connectivity index (χ3v) is 5.37. The molecule has 0 N–H and O–H groups in total. The molecular formula is C13H21NOS2. The zero-order chi connectivity index (χ0) is 12.1. The van der Waals surface area contributed by atoms with Crippen LogP contribution in [0.3, 0.4) is 0 Å². The number of nitrogens with zero attached hydrogens (tertiary/aromatic N) is 1. The molecule has 1 aromatic heterocycles. The zero-order valence-corrected chi connectivity index (χ0v) is 12.3. The lowest BCUT2D eigenvalue weighted by Gasteiger charge is -2.28. The summed E-state index contributed by atoms with van der Waals surface area (Å²) in [6, 6.07) is 0. The van der Waals surface area contributed by atoms with Crippen LogP contribution in [0.25, 0.3) is 0 Å². The Labute approximate surface area is 112 Å². The van der Waals surface area contributed by atoms with E-state index in [1.54, 1.807) is 11.3 Å². The molecule has 2 unspecified atom stereocenters. The smallest absolute Gasteiger partial charge is 0.150 e. The first-order chi connectivity index (χ1) is 8.25. The SMILES string of the molecule is Cc1csc(SCCOC2CCCCC2C)n1. The number of hydrogen-bond acceptors (Lipinski definition) is 4. The van der Waals surface area contributed by atoms with Gasteiger partial charge in [0.2, 0.25) is 0 Å². The van der Waals surface area contributed by atoms with Crippen LogP contribution < -0.4 is 0 Å². The highest BCUT2D eigenvalue weighted by molar-refractivity contribution is 8.01. The monoisotopic (exact) mass is 271 g/mol. The number of rotatable bonds is 5. The Morgan fingerprint density at radius 1 is 1.47 bits per heavy atom. The molecule has 1 saturated carbocycles. The van der Waals surface area contributed by atoms with Crippen molar-refractivity contribution in [2.24, 2.45) is 5.92 Å². The van der Waals surface area contributed by atoms with E-state index in [0.717, 1.165) is 24.0 Å². The predicted octanol–water partition coefficient (Wildman–Crippen LogP) is 4.14. The molecule has 2 nitrogen and oxygen atoms in total. The van der Waals surface area contributed by atoms with Crippen molar-refractivity contribution in [2.45, 2.75) is 50.0 Å². The zero-order valence-electron chi connectivity index (χ0n) is 10.6. The van der Waals surface area contributed by atoms with Gasteiger partial charge in [0.05, 0.1) is 12.7 Å². The fourth-order valence-electron chi connectivity index (χ4n) is 2.26. The lowest BCUT2D eigenvalue weighted by molar-refractivity contribution is 0.00347. The summed E-state index contributed by atoms with van der Waals surface area (Å²) in [5.41, 5.74) is 1.12. The van der Waals surface area contributed by atoms with E-state index >= 15 is 0 Å². The topological polar surface area (TPSA) is 22.1 Å². The number of ether oxygens (including phenoxy) is 1. The van der Waals surface area contributed by atoms with Crippen LogP contribution in [-0.2, 0) is 4.74 Å². The molecule has 0 saturated heterocycles. The van der Waals surface area contributed by atoms with Crippen LogP contribution in [0.2, 0.25) is 0 Å². The van der Waals surface area contributed by atoms with Crippen molar-refractivity contribution in [1.29, 1.82) is 0 Å². The van der Waals surface area contributed by atoms with Gasteiger partial charge in [-0.2, -0.15) is 0 Å². The van der Waals surface area contributed by atoms with Gasteiger partial charge in [0.15, 0.2) is 0 Å². The second kappa shape index (κ2) is 6.76. The maximum absolute atomic E-state index is 5.98. The number of thioether (sulfide) groups is 1. The number of aromatic nitrogens is 1. The van der Waals surface area contributed by atoms with Gasteiger partial charge in [0.1, 0.15) is 4.34 Å². The van der Waals surface area contributed by atoms with E-state index in [2.05, 4.69) is 17.3 Å². The largest absolute Gasteiger partial charge is 0.377 e. The maximum Gasteiger partial charge on any atom is 0.150 e. The van der Waals surface area contributed by atoms with Crippen molar-refractivity contribution in [3.8, 4) is 0 Å². The van der Waals surface area contributed by atoms with Crippen LogP contribution in [0.15, 0.2) is 9.72 Å². The van der Waals surface area contributed by atoms with Crippen LogP contribution in [0.4, 0.5) is 0 Å². The summed E-state index contributed by atoms with van der Waals surface area (Å²) in [7, 11) is 0. The molecule has 1 aliphatic carbocycles. The van der Waals surface area contributed by atoms with E-state index in [9.17, 15) is 0 Å². The Morgan fingerprint density at radius 3 is 3.00 bits per heavy atom. The fourth-order valence-corrected chi connectivity index (χ4v) is 4.01. The average molecular weight is 271 g/mol. The van der Waals surface area contributed by atoms with Crippen LogP contribution >= 0.6 is 23.1 Å². The van der Waals surface area contributed by atoms with Crippen molar-refractivity contribution in [3.05, 3.63) is 11.1 Å². The third-order valence-electron chi connectivity index (χ3n) is 3.27. The molecule has 2 rings (SSSR count). The van der Waals surface area contributed by atoms with E-state index in [-0.39, 0.29) is 0 Å². The first kappa shape index (κ1) is 13.4. The van der Waals surface area contributed by atoms with Crippen molar-refractivity contribution in [1.82, 2.24) is 4.98 Å². The summed E-state index contributed by atoms with van der Waals surface area (Å²) in [4.78, 5) is 4.44. The maximum atomic E-state index is 5.98. The lowest BCUT2D eigenvalue weighted by Crippen LogP contribution is -2.26. The molecule has 4 heteroatoms. The Bertz CT molecular complexity index is 340. The summed E-state index contributed by atoms with van der Waals surface area (Å²) in [6.07, 6.45) is 5.82. The molecule has 2 atom stereocenters. The second-order valence-electron chi connectivity index (χ2n) is 4.77. The Kier molecular flexibility index (Phi) is 5.32. The minimum atomic E-state index is 0.502.